The summed E-state index contributed by atoms with van der Waals surface area (Å²) in [5, 5.41) is 23.7. The lowest BCUT2D eigenvalue weighted by atomic mass is 9.99. The highest BCUT2D eigenvalue weighted by molar-refractivity contribution is 5.95. The predicted molar refractivity (Wildman–Crippen MR) is 106 cm³/mol. The summed E-state index contributed by atoms with van der Waals surface area (Å²) in [4.78, 5) is 22.8. The van der Waals surface area contributed by atoms with Gasteiger partial charge in [-0.3, -0.25) is 14.9 Å². The number of aliphatic hydroxyl groups excluding tert-OH is 1. The van der Waals surface area contributed by atoms with Crippen molar-refractivity contribution < 1.29 is 14.8 Å². The van der Waals surface area contributed by atoms with E-state index in [1.54, 1.807) is 12.1 Å². The van der Waals surface area contributed by atoms with Gasteiger partial charge in [0.15, 0.2) is 0 Å². The van der Waals surface area contributed by atoms with Crippen LogP contribution in [0.15, 0.2) is 78.9 Å². The highest BCUT2D eigenvalue weighted by Crippen LogP contribution is 2.18. The van der Waals surface area contributed by atoms with Crippen LogP contribution >= 0.6 is 0 Å². The number of aliphatic hydroxyl groups is 1. The Bertz CT molecular complexity index is 956. The lowest BCUT2D eigenvalue weighted by Gasteiger charge is -2.14. The Morgan fingerprint density at radius 2 is 1.61 bits per heavy atom. The van der Waals surface area contributed by atoms with E-state index in [1.165, 1.54) is 24.3 Å². The molecule has 0 saturated heterocycles. The van der Waals surface area contributed by atoms with Gasteiger partial charge in [0, 0.05) is 24.2 Å². The Labute approximate surface area is 162 Å². The monoisotopic (exact) mass is 376 g/mol. The summed E-state index contributed by atoms with van der Waals surface area (Å²) in [5.74, 6) is -0.271. The molecule has 0 fully saturated rings. The summed E-state index contributed by atoms with van der Waals surface area (Å²) in [7, 11) is 0. The minimum atomic E-state index is -0.953. The molecule has 6 nitrogen and oxygen atoms in total. The number of amides is 1. The van der Waals surface area contributed by atoms with Crippen molar-refractivity contribution in [3.05, 3.63) is 111 Å². The fraction of sp³-hybridized carbons (Fsp3) is 0.136. The van der Waals surface area contributed by atoms with Gasteiger partial charge < -0.3 is 10.4 Å². The first-order valence-corrected chi connectivity index (χ1v) is 8.87. The van der Waals surface area contributed by atoms with Gasteiger partial charge in [-0.1, -0.05) is 48.5 Å². The normalized spacial score (nSPS) is 11.6. The summed E-state index contributed by atoms with van der Waals surface area (Å²) in [6.45, 7) is 0.0102. The topological polar surface area (TPSA) is 92.5 Å². The standard InChI is InChI=1S/C22H20N2O4/c25-21(17-10-12-19(13-11-17)24(27)28)15-23-22(26)20-9-5-4-8-18(20)14-16-6-2-1-3-7-16/h1-13,21,25H,14-15H2,(H,23,26). The second kappa shape index (κ2) is 8.92. The van der Waals surface area contributed by atoms with Crippen molar-refractivity contribution in [3.8, 4) is 0 Å². The van der Waals surface area contributed by atoms with Gasteiger partial charge in [0.05, 0.1) is 11.0 Å². The first kappa shape index (κ1) is 19.3. The van der Waals surface area contributed by atoms with Crippen LogP contribution in [-0.4, -0.2) is 22.5 Å². The lowest BCUT2D eigenvalue weighted by Crippen LogP contribution is -2.29. The highest BCUT2D eigenvalue weighted by Gasteiger charge is 2.15. The Balaban J connectivity index is 1.65. The van der Waals surface area contributed by atoms with Crippen molar-refractivity contribution >= 4 is 11.6 Å². The lowest BCUT2D eigenvalue weighted by molar-refractivity contribution is -0.384. The number of non-ortho nitro benzene ring substituents is 1. The van der Waals surface area contributed by atoms with E-state index in [1.807, 2.05) is 42.5 Å². The van der Waals surface area contributed by atoms with E-state index in [4.69, 9.17) is 0 Å². The van der Waals surface area contributed by atoms with Crippen molar-refractivity contribution in [1.82, 2.24) is 5.32 Å². The number of hydrogen-bond acceptors (Lipinski definition) is 4. The van der Waals surface area contributed by atoms with Crippen LogP contribution in [0.1, 0.15) is 33.2 Å². The number of hydrogen-bond donors (Lipinski definition) is 2. The smallest absolute Gasteiger partial charge is 0.269 e. The molecule has 3 rings (SSSR count). The molecule has 0 aliphatic heterocycles. The predicted octanol–water partition coefficient (Wildman–Crippen LogP) is 3.65. The Morgan fingerprint density at radius 1 is 0.964 bits per heavy atom. The first-order valence-electron chi connectivity index (χ1n) is 8.87. The molecule has 28 heavy (non-hydrogen) atoms. The van der Waals surface area contributed by atoms with Gasteiger partial charge in [0.1, 0.15) is 0 Å². The van der Waals surface area contributed by atoms with Crippen LogP contribution in [0.2, 0.25) is 0 Å². The molecule has 2 N–H and O–H groups in total. The quantitative estimate of drug-likeness (QED) is 0.486. The molecule has 3 aromatic carbocycles. The molecule has 1 amide bonds. The van der Waals surface area contributed by atoms with Crippen molar-refractivity contribution in [2.75, 3.05) is 6.54 Å². The maximum absolute atomic E-state index is 12.6. The van der Waals surface area contributed by atoms with Crippen molar-refractivity contribution in [3.63, 3.8) is 0 Å². The number of nitrogens with zero attached hydrogens (tertiary/aromatic N) is 1. The molecule has 0 spiro atoms. The first-order chi connectivity index (χ1) is 13.5. The van der Waals surface area contributed by atoms with Crippen LogP contribution in [0.5, 0.6) is 0 Å². The van der Waals surface area contributed by atoms with E-state index in [2.05, 4.69) is 5.32 Å². The van der Waals surface area contributed by atoms with Gasteiger partial charge in [-0.25, -0.2) is 0 Å². The number of carbonyl (C=O) groups is 1. The third kappa shape index (κ3) is 4.81. The van der Waals surface area contributed by atoms with Crippen LogP contribution in [0.4, 0.5) is 5.69 Å². The van der Waals surface area contributed by atoms with Crippen molar-refractivity contribution in [2.24, 2.45) is 0 Å². The summed E-state index contributed by atoms with van der Waals surface area (Å²) < 4.78 is 0. The molecular formula is C22H20N2O4. The summed E-state index contributed by atoms with van der Waals surface area (Å²) >= 11 is 0. The number of nitrogens with one attached hydrogen (secondary N) is 1. The fourth-order valence-electron chi connectivity index (χ4n) is 2.93. The van der Waals surface area contributed by atoms with E-state index in [0.29, 0.717) is 17.5 Å². The van der Waals surface area contributed by atoms with Crippen LogP contribution in [0, 0.1) is 10.1 Å². The fourth-order valence-corrected chi connectivity index (χ4v) is 2.93. The van der Waals surface area contributed by atoms with Gasteiger partial charge in [0.2, 0.25) is 0 Å². The number of rotatable bonds is 7. The number of nitro benzene ring substituents is 1. The largest absolute Gasteiger partial charge is 0.387 e. The molecular weight excluding hydrogens is 356 g/mol. The van der Waals surface area contributed by atoms with Crippen LogP contribution in [0.3, 0.4) is 0 Å². The molecule has 0 aromatic heterocycles. The summed E-state index contributed by atoms with van der Waals surface area (Å²) in [6.07, 6.45) is -0.318. The van der Waals surface area contributed by atoms with E-state index < -0.39 is 11.0 Å². The average Bonchev–Trinajstić information content (AvgIpc) is 2.73. The molecule has 0 bridgehead atoms. The average molecular weight is 376 g/mol. The van der Waals surface area contributed by atoms with E-state index in [-0.39, 0.29) is 18.1 Å². The zero-order valence-corrected chi connectivity index (χ0v) is 15.1. The molecule has 3 aromatic rings. The Hall–Kier alpha value is -3.51. The SMILES string of the molecule is O=C(NCC(O)c1ccc([N+](=O)[O-])cc1)c1ccccc1Cc1ccccc1. The Morgan fingerprint density at radius 3 is 2.29 bits per heavy atom. The molecule has 1 atom stereocenters. The van der Waals surface area contributed by atoms with E-state index >= 15 is 0 Å². The van der Waals surface area contributed by atoms with Gasteiger partial charge in [-0.15, -0.1) is 0 Å². The minimum absolute atomic E-state index is 0.0102. The maximum Gasteiger partial charge on any atom is 0.269 e. The van der Waals surface area contributed by atoms with Crippen LogP contribution in [0.25, 0.3) is 0 Å². The van der Waals surface area contributed by atoms with Gasteiger partial charge in [0.25, 0.3) is 11.6 Å². The molecule has 0 aliphatic rings. The van der Waals surface area contributed by atoms with Crippen molar-refractivity contribution in [1.29, 1.82) is 0 Å². The zero-order chi connectivity index (χ0) is 19.9. The maximum atomic E-state index is 12.6. The number of benzene rings is 3. The highest BCUT2D eigenvalue weighted by atomic mass is 16.6. The number of nitro groups is 1. The summed E-state index contributed by atoms with van der Waals surface area (Å²) in [6, 6.07) is 22.9. The molecule has 6 heteroatoms. The van der Waals surface area contributed by atoms with Gasteiger partial charge >= 0.3 is 0 Å². The second-order valence-electron chi connectivity index (χ2n) is 6.39. The van der Waals surface area contributed by atoms with Gasteiger partial charge in [-0.2, -0.15) is 0 Å². The van der Waals surface area contributed by atoms with Crippen LogP contribution < -0.4 is 5.32 Å². The van der Waals surface area contributed by atoms with Crippen LogP contribution in [-0.2, 0) is 6.42 Å². The third-order valence-electron chi connectivity index (χ3n) is 4.44. The molecule has 0 saturated carbocycles. The Kier molecular flexibility index (Phi) is 6.14. The molecule has 0 heterocycles. The minimum Gasteiger partial charge on any atom is -0.387 e. The van der Waals surface area contributed by atoms with Gasteiger partial charge in [-0.05, 0) is 41.3 Å². The molecule has 0 aliphatic carbocycles. The summed E-state index contributed by atoms with van der Waals surface area (Å²) in [5.41, 5.74) is 3.02. The zero-order valence-electron chi connectivity index (χ0n) is 15.1. The molecule has 0 radical (unpaired) electrons. The number of carbonyl (C=O) groups excluding carboxylic acids is 1. The second-order valence-corrected chi connectivity index (χ2v) is 6.39. The third-order valence-corrected chi connectivity index (χ3v) is 4.44. The van der Waals surface area contributed by atoms with E-state index in [9.17, 15) is 20.0 Å². The molecule has 142 valence electrons. The van der Waals surface area contributed by atoms with E-state index in [0.717, 1.165) is 11.1 Å². The van der Waals surface area contributed by atoms with Crippen molar-refractivity contribution in [2.45, 2.75) is 12.5 Å². The molecule has 1 unspecified atom stereocenters.